The van der Waals surface area contributed by atoms with Crippen LogP contribution in [0.15, 0.2) is 0 Å². The fraction of sp³-hybridized carbons (Fsp3) is 1.00. The Kier molecular flexibility index (Phi) is 8.20. The smallest absolute Gasteiger partial charge is 0.0189 e. The molecule has 0 saturated heterocycles. The van der Waals surface area contributed by atoms with E-state index in [1.807, 2.05) is 0 Å². The predicted octanol–water partition coefficient (Wildman–Crippen LogP) is 2.35. The van der Waals surface area contributed by atoms with E-state index in [4.69, 9.17) is 0 Å². The average molecular weight is 200 g/mol. The number of nitrogens with one attached hydrogen (secondary N) is 1. The molecule has 0 aliphatic carbocycles. The molecule has 0 heterocycles. The van der Waals surface area contributed by atoms with E-state index in [9.17, 15) is 0 Å². The summed E-state index contributed by atoms with van der Waals surface area (Å²) in [5.74, 6) is 0.762. The van der Waals surface area contributed by atoms with Gasteiger partial charge >= 0.3 is 0 Å². The lowest BCUT2D eigenvalue weighted by molar-refractivity contribution is 0.225. The maximum absolute atomic E-state index is 3.50. The molecule has 0 amide bonds. The number of likely N-dealkylation sites (N-methyl/N-ethyl adjacent to an activating group) is 1. The van der Waals surface area contributed by atoms with Crippen molar-refractivity contribution in [2.24, 2.45) is 5.92 Å². The Hall–Kier alpha value is -0.0800. The van der Waals surface area contributed by atoms with Crippen molar-refractivity contribution in [2.45, 2.75) is 46.6 Å². The molecule has 86 valence electrons. The lowest BCUT2D eigenvalue weighted by Crippen LogP contribution is -2.39. The maximum Gasteiger partial charge on any atom is 0.0189 e. The lowest BCUT2D eigenvalue weighted by atomic mass is 10.2. The third-order valence-electron chi connectivity index (χ3n) is 2.55. The molecule has 14 heavy (non-hydrogen) atoms. The van der Waals surface area contributed by atoms with Crippen LogP contribution in [0.2, 0.25) is 0 Å². The van der Waals surface area contributed by atoms with Gasteiger partial charge in [0.05, 0.1) is 0 Å². The molecule has 0 aromatic carbocycles. The number of nitrogens with zero attached hydrogens (tertiary/aromatic N) is 1. The Labute approximate surface area is 90.1 Å². The summed E-state index contributed by atoms with van der Waals surface area (Å²) < 4.78 is 0. The van der Waals surface area contributed by atoms with Gasteiger partial charge < -0.3 is 10.2 Å². The van der Waals surface area contributed by atoms with Gasteiger partial charge in [-0.25, -0.2) is 0 Å². The number of hydrogen-bond acceptors (Lipinski definition) is 2. The van der Waals surface area contributed by atoms with Gasteiger partial charge in [0.25, 0.3) is 0 Å². The molecule has 0 spiro atoms. The predicted molar refractivity (Wildman–Crippen MR) is 64.7 cm³/mol. The Morgan fingerprint density at radius 3 is 2.36 bits per heavy atom. The van der Waals surface area contributed by atoms with Crippen LogP contribution in [0.4, 0.5) is 0 Å². The first-order chi connectivity index (χ1) is 6.57. The second kappa shape index (κ2) is 8.25. The fourth-order valence-electron chi connectivity index (χ4n) is 1.52. The Morgan fingerprint density at radius 2 is 1.86 bits per heavy atom. The van der Waals surface area contributed by atoms with Crippen molar-refractivity contribution >= 4 is 0 Å². The van der Waals surface area contributed by atoms with E-state index in [0.29, 0.717) is 6.04 Å². The first kappa shape index (κ1) is 13.9. The summed E-state index contributed by atoms with van der Waals surface area (Å²) in [6.45, 7) is 12.5. The third kappa shape index (κ3) is 7.34. The van der Waals surface area contributed by atoms with Crippen LogP contribution in [-0.4, -0.2) is 37.6 Å². The molecule has 0 aliphatic rings. The maximum atomic E-state index is 3.50. The van der Waals surface area contributed by atoms with Crippen molar-refractivity contribution < 1.29 is 0 Å². The average Bonchev–Trinajstić information content (AvgIpc) is 2.11. The highest BCUT2D eigenvalue weighted by molar-refractivity contribution is 4.67. The molecular weight excluding hydrogens is 172 g/mol. The number of unbranched alkanes of at least 4 members (excludes halogenated alkanes) is 1. The van der Waals surface area contributed by atoms with Gasteiger partial charge in [-0.15, -0.1) is 0 Å². The normalized spacial score (nSPS) is 13.9. The summed E-state index contributed by atoms with van der Waals surface area (Å²) in [4.78, 5) is 2.43. The van der Waals surface area contributed by atoms with E-state index < -0.39 is 0 Å². The third-order valence-corrected chi connectivity index (χ3v) is 2.55. The molecule has 2 nitrogen and oxygen atoms in total. The minimum absolute atomic E-state index is 0.647. The molecule has 0 aliphatic heterocycles. The quantitative estimate of drug-likeness (QED) is 0.605. The standard InChI is InChI=1S/C12H28N2/c1-6-7-8-13-9-12(4)14(5)10-11(2)3/h11-13H,6-10H2,1-5H3. The fourth-order valence-corrected chi connectivity index (χ4v) is 1.52. The van der Waals surface area contributed by atoms with E-state index >= 15 is 0 Å². The van der Waals surface area contributed by atoms with Crippen molar-refractivity contribution in [1.29, 1.82) is 0 Å². The molecule has 1 unspecified atom stereocenters. The van der Waals surface area contributed by atoms with Crippen LogP contribution in [0.1, 0.15) is 40.5 Å². The minimum atomic E-state index is 0.647. The van der Waals surface area contributed by atoms with E-state index in [1.54, 1.807) is 0 Å². The van der Waals surface area contributed by atoms with Crippen molar-refractivity contribution in [3.05, 3.63) is 0 Å². The molecule has 0 radical (unpaired) electrons. The second-order valence-electron chi connectivity index (χ2n) is 4.74. The zero-order valence-corrected chi connectivity index (χ0v) is 10.6. The van der Waals surface area contributed by atoms with Crippen LogP contribution >= 0.6 is 0 Å². The van der Waals surface area contributed by atoms with Gasteiger partial charge in [0.2, 0.25) is 0 Å². The van der Waals surface area contributed by atoms with Gasteiger partial charge in [-0.3, -0.25) is 0 Å². The molecule has 1 N–H and O–H groups in total. The molecular formula is C12H28N2. The Balaban J connectivity index is 3.46. The first-order valence-corrected chi connectivity index (χ1v) is 5.98. The van der Waals surface area contributed by atoms with Crippen molar-refractivity contribution in [3.63, 3.8) is 0 Å². The topological polar surface area (TPSA) is 15.3 Å². The number of rotatable bonds is 8. The summed E-state index contributed by atoms with van der Waals surface area (Å²) in [6.07, 6.45) is 2.57. The molecule has 0 aromatic rings. The van der Waals surface area contributed by atoms with Crippen molar-refractivity contribution in [3.8, 4) is 0 Å². The van der Waals surface area contributed by atoms with Crippen LogP contribution in [0.25, 0.3) is 0 Å². The van der Waals surface area contributed by atoms with Crippen LogP contribution < -0.4 is 5.32 Å². The molecule has 0 aromatic heterocycles. The zero-order valence-electron chi connectivity index (χ0n) is 10.6. The molecule has 0 fully saturated rings. The number of hydrogen-bond donors (Lipinski definition) is 1. The summed E-state index contributed by atoms with van der Waals surface area (Å²) in [7, 11) is 2.21. The van der Waals surface area contributed by atoms with Gasteiger partial charge in [-0.05, 0) is 32.9 Å². The van der Waals surface area contributed by atoms with E-state index in [2.05, 4.69) is 45.0 Å². The lowest BCUT2D eigenvalue weighted by Gasteiger charge is -2.26. The Morgan fingerprint density at radius 1 is 1.21 bits per heavy atom. The highest BCUT2D eigenvalue weighted by Gasteiger charge is 2.09. The highest BCUT2D eigenvalue weighted by atomic mass is 15.1. The highest BCUT2D eigenvalue weighted by Crippen LogP contribution is 2.00. The van der Waals surface area contributed by atoms with Gasteiger partial charge in [0, 0.05) is 19.1 Å². The molecule has 2 heteroatoms. The SMILES string of the molecule is CCCCNCC(C)N(C)CC(C)C. The van der Waals surface area contributed by atoms with Gasteiger partial charge in [-0.2, -0.15) is 0 Å². The van der Waals surface area contributed by atoms with Gasteiger partial charge in [-0.1, -0.05) is 27.2 Å². The first-order valence-electron chi connectivity index (χ1n) is 5.98. The van der Waals surface area contributed by atoms with Crippen LogP contribution in [0.3, 0.4) is 0 Å². The van der Waals surface area contributed by atoms with Crippen LogP contribution in [0.5, 0.6) is 0 Å². The van der Waals surface area contributed by atoms with E-state index in [0.717, 1.165) is 19.0 Å². The van der Waals surface area contributed by atoms with E-state index in [1.165, 1.54) is 19.4 Å². The molecule has 0 saturated carbocycles. The molecule has 1 atom stereocenters. The largest absolute Gasteiger partial charge is 0.315 e. The van der Waals surface area contributed by atoms with E-state index in [-0.39, 0.29) is 0 Å². The minimum Gasteiger partial charge on any atom is -0.315 e. The summed E-state index contributed by atoms with van der Waals surface area (Å²) in [6, 6.07) is 0.647. The molecule has 0 bridgehead atoms. The zero-order chi connectivity index (χ0) is 11.0. The van der Waals surface area contributed by atoms with Crippen LogP contribution in [-0.2, 0) is 0 Å². The Bertz CT molecular complexity index is 123. The molecule has 0 rings (SSSR count). The van der Waals surface area contributed by atoms with Crippen LogP contribution in [0, 0.1) is 5.92 Å². The van der Waals surface area contributed by atoms with Crippen molar-refractivity contribution in [2.75, 3.05) is 26.7 Å². The summed E-state index contributed by atoms with van der Waals surface area (Å²) >= 11 is 0. The monoisotopic (exact) mass is 200 g/mol. The second-order valence-corrected chi connectivity index (χ2v) is 4.74. The summed E-state index contributed by atoms with van der Waals surface area (Å²) in [5.41, 5.74) is 0. The van der Waals surface area contributed by atoms with Gasteiger partial charge in [0.1, 0.15) is 0 Å². The van der Waals surface area contributed by atoms with Crippen molar-refractivity contribution in [1.82, 2.24) is 10.2 Å². The summed E-state index contributed by atoms with van der Waals surface area (Å²) in [5, 5.41) is 3.50. The van der Waals surface area contributed by atoms with Gasteiger partial charge in [0.15, 0.2) is 0 Å².